The highest BCUT2D eigenvalue weighted by molar-refractivity contribution is 6.11. The lowest BCUT2D eigenvalue weighted by Crippen LogP contribution is -2.00. The van der Waals surface area contributed by atoms with Crippen LogP contribution in [0.1, 0.15) is 42.0 Å². The number of unbranched alkanes of at least 4 members (excludes halogenated alkanes) is 1. The van der Waals surface area contributed by atoms with E-state index in [0.29, 0.717) is 0 Å². The SMILES string of the molecule is CCCCc1c(C)c(C)c(C)c2c3ccccc3n(C)c12. The third-order valence-corrected chi connectivity index (χ3v) is 5.13. The topological polar surface area (TPSA) is 4.93 Å². The van der Waals surface area contributed by atoms with Gasteiger partial charge in [0.1, 0.15) is 0 Å². The Hall–Kier alpha value is -1.76. The Bertz CT molecular complexity index is 821. The lowest BCUT2D eigenvalue weighted by Gasteiger charge is -2.15. The number of aromatic nitrogens is 1. The molecule has 0 amide bonds. The first kappa shape index (κ1) is 14.2. The van der Waals surface area contributed by atoms with Crippen LogP contribution in [0, 0.1) is 20.8 Å². The zero-order valence-electron chi connectivity index (χ0n) is 13.9. The van der Waals surface area contributed by atoms with E-state index in [2.05, 4.69) is 63.6 Å². The number of rotatable bonds is 3. The molecule has 0 aliphatic rings. The van der Waals surface area contributed by atoms with Gasteiger partial charge in [-0.3, -0.25) is 0 Å². The van der Waals surface area contributed by atoms with E-state index in [0.717, 1.165) is 0 Å². The number of benzene rings is 2. The van der Waals surface area contributed by atoms with Gasteiger partial charge in [-0.25, -0.2) is 0 Å². The van der Waals surface area contributed by atoms with E-state index in [4.69, 9.17) is 0 Å². The minimum Gasteiger partial charge on any atom is -0.343 e. The fourth-order valence-electron chi connectivity index (χ4n) is 3.66. The van der Waals surface area contributed by atoms with Crippen molar-refractivity contribution in [2.45, 2.75) is 47.0 Å². The Morgan fingerprint density at radius 3 is 2.38 bits per heavy atom. The Kier molecular flexibility index (Phi) is 3.52. The lowest BCUT2D eigenvalue weighted by molar-refractivity contribution is 0.790. The van der Waals surface area contributed by atoms with Gasteiger partial charge in [-0.05, 0) is 61.9 Å². The van der Waals surface area contributed by atoms with Crippen LogP contribution in [0.2, 0.25) is 0 Å². The van der Waals surface area contributed by atoms with E-state index >= 15 is 0 Å². The van der Waals surface area contributed by atoms with Crippen molar-refractivity contribution in [2.75, 3.05) is 0 Å². The fraction of sp³-hybridized carbons (Fsp3) is 0.400. The Labute approximate surface area is 127 Å². The maximum absolute atomic E-state index is 2.40. The smallest absolute Gasteiger partial charge is 0.0526 e. The van der Waals surface area contributed by atoms with Crippen LogP contribution in [-0.2, 0) is 13.5 Å². The highest BCUT2D eigenvalue weighted by atomic mass is 14.9. The number of hydrogen-bond donors (Lipinski definition) is 0. The standard InChI is InChI=1S/C20H25N/c1-6-7-10-16-14(3)13(2)15(4)19-17-11-8-9-12-18(17)21(5)20(16)19/h8-9,11-12H,6-7,10H2,1-5H3. The first-order valence-corrected chi connectivity index (χ1v) is 8.03. The molecule has 2 aromatic carbocycles. The van der Waals surface area contributed by atoms with Gasteiger partial charge in [0.2, 0.25) is 0 Å². The van der Waals surface area contributed by atoms with Gasteiger partial charge in [0.15, 0.2) is 0 Å². The van der Waals surface area contributed by atoms with Gasteiger partial charge < -0.3 is 4.57 Å². The minimum atomic E-state index is 1.18. The molecule has 110 valence electrons. The summed E-state index contributed by atoms with van der Waals surface area (Å²) in [7, 11) is 2.22. The number of fused-ring (bicyclic) bond motifs is 3. The molecule has 21 heavy (non-hydrogen) atoms. The van der Waals surface area contributed by atoms with Gasteiger partial charge in [0, 0.05) is 23.3 Å². The summed E-state index contributed by atoms with van der Waals surface area (Å²) in [6.45, 7) is 9.13. The van der Waals surface area contributed by atoms with Gasteiger partial charge >= 0.3 is 0 Å². The van der Waals surface area contributed by atoms with Gasteiger partial charge in [-0.2, -0.15) is 0 Å². The fourth-order valence-corrected chi connectivity index (χ4v) is 3.66. The van der Waals surface area contributed by atoms with E-state index in [1.165, 1.54) is 57.8 Å². The molecule has 0 unspecified atom stereocenters. The number of aryl methyl sites for hydroxylation is 3. The monoisotopic (exact) mass is 279 g/mol. The number of nitrogens with zero attached hydrogens (tertiary/aromatic N) is 1. The first-order chi connectivity index (χ1) is 10.1. The predicted molar refractivity (Wildman–Crippen MR) is 93.2 cm³/mol. The van der Waals surface area contributed by atoms with E-state index in [9.17, 15) is 0 Å². The van der Waals surface area contributed by atoms with Crippen molar-refractivity contribution in [3.8, 4) is 0 Å². The molecule has 0 spiro atoms. The van der Waals surface area contributed by atoms with Crippen molar-refractivity contribution < 1.29 is 0 Å². The Morgan fingerprint density at radius 2 is 1.67 bits per heavy atom. The quantitative estimate of drug-likeness (QED) is 0.588. The Morgan fingerprint density at radius 1 is 0.952 bits per heavy atom. The van der Waals surface area contributed by atoms with Crippen LogP contribution in [0.25, 0.3) is 21.8 Å². The van der Waals surface area contributed by atoms with Crippen molar-refractivity contribution in [3.05, 3.63) is 46.5 Å². The largest absolute Gasteiger partial charge is 0.343 e. The highest BCUT2D eigenvalue weighted by Crippen LogP contribution is 2.37. The van der Waals surface area contributed by atoms with E-state index in [1.807, 2.05) is 0 Å². The van der Waals surface area contributed by atoms with Crippen molar-refractivity contribution in [2.24, 2.45) is 7.05 Å². The van der Waals surface area contributed by atoms with Crippen LogP contribution in [-0.4, -0.2) is 4.57 Å². The molecule has 1 nitrogen and oxygen atoms in total. The second-order valence-electron chi connectivity index (χ2n) is 6.26. The molecule has 3 rings (SSSR count). The first-order valence-electron chi connectivity index (χ1n) is 8.03. The molecule has 0 bridgehead atoms. The summed E-state index contributed by atoms with van der Waals surface area (Å²) in [5.74, 6) is 0. The van der Waals surface area contributed by atoms with Crippen molar-refractivity contribution in [3.63, 3.8) is 0 Å². The summed E-state index contributed by atoms with van der Waals surface area (Å²) in [5, 5.41) is 2.86. The molecular formula is C20H25N. The molecule has 0 saturated carbocycles. The van der Waals surface area contributed by atoms with E-state index < -0.39 is 0 Å². The van der Waals surface area contributed by atoms with Crippen LogP contribution in [0.5, 0.6) is 0 Å². The molecule has 0 atom stereocenters. The molecule has 0 saturated heterocycles. The molecule has 0 aliphatic heterocycles. The second-order valence-corrected chi connectivity index (χ2v) is 6.26. The third kappa shape index (κ3) is 1.98. The minimum absolute atomic E-state index is 1.18. The summed E-state index contributed by atoms with van der Waals surface area (Å²) < 4.78 is 2.40. The van der Waals surface area contributed by atoms with Gasteiger partial charge in [-0.1, -0.05) is 31.5 Å². The van der Waals surface area contributed by atoms with Crippen LogP contribution >= 0.6 is 0 Å². The third-order valence-electron chi connectivity index (χ3n) is 5.13. The van der Waals surface area contributed by atoms with Crippen molar-refractivity contribution in [1.82, 2.24) is 4.57 Å². The maximum Gasteiger partial charge on any atom is 0.0526 e. The maximum atomic E-state index is 2.40. The predicted octanol–water partition coefficient (Wildman–Crippen LogP) is 5.60. The molecule has 1 heteroatoms. The molecule has 1 heterocycles. The van der Waals surface area contributed by atoms with Gasteiger partial charge in [-0.15, -0.1) is 0 Å². The second kappa shape index (κ2) is 5.22. The molecule has 0 aliphatic carbocycles. The van der Waals surface area contributed by atoms with E-state index in [1.54, 1.807) is 5.56 Å². The van der Waals surface area contributed by atoms with Crippen LogP contribution < -0.4 is 0 Å². The molecule has 3 aromatic rings. The van der Waals surface area contributed by atoms with Gasteiger partial charge in [0.05, 0.1) is 5.52 Å². The summed E-state index contributed by atoms with van der Waals surface area (Å²) in [6.07, 6.45) is 3.70. The highest BCUT2D eigenvalue weighted by Gasteiger charge is 2.17. The molecule has 0 fully saturated rings. The number of para-hydroxylation sites is 1. The van der Waals surface area contributed by atoms with Crippen LogP contribution in [0.3, 0.4) is 0 Å². The summed E-state index contributed by atoms with van der Waals surface area (Å²) in [4.78, 5) is 0. The average molecular weight is 279 g/mol. The zero-order chi connectivity index (χ0) is 15.1. The van der Waals surface area contributed by atoms with Crippen LogP contribution in [0.15, 0.2) is 24.3 Å². The van der Waals surface area contributed by atoms with Crippen LogP contribution in [0.4, 0.5) is 0 Å². The zero-order valence-corrected chi connectivity index (χ0v) is 13.9. The van der Waals surface area contributed by atoms with Crippen molar-refractivity contribution >= 4 is 21.8 Å². The molecular weight excluding hydrogens is 254 g/mol. The summed E-state index contributed by atoms with van der Waals surface area (Å²) in [5.41, 5.74) is 8.74. The Balaban J connectivity index is 2.51. The molecule has 0 radical (unpaired) electrons. The molecule has 0 N–H and O–H groups in total. The van der Waals surface area contributed by atoms with E-state index in [-0.39, 0.29) is 0 Å². The number of hydrogen-bond acceptors (Lipinski definition) is 0. The normalized spacial score (nSPS) is 11.7. The average Bonchev–Trinajstić information content (AvgIpc) is 2.79. The summed E-state index contributed by atoms with van der Waals surface area (Å²) >= 11 is 0. The van der Waals surface area contributed by atoms with Crippen molar-refractivity contribution in [1.29, 1.82) is 0 Å². The lowest BCUT2D eigenvalue weighted by atomic mass is 9.91. The summed E-state index contributed by atoms with van der Waals surface area (Å²) in [6, 6.07) is 8.80. The molecule has 1 aromatic heterocycles. The van der Waals surface area contributed by atoms with Gasteiger partial charge in [0.25, 0.3) is 0 Å².